The number of unbranched alkanes of at least 4 members (excludes halogenated alkanes) is 3. The number of urea groups is 1. The first-order valence-corrected chi connectivity index (χ1v) is 7.88. The molecule has 0 heterocycles. The number of carbonyl (C=O) groups excluding carboxylic acids is 3. The molecule has 0 aliphatic carbocycles. The third kappa shape index (κ3) is 13.3. The number of hydrogen-bond acceptors (Lipinski definition) is 4. The molecule has 0 aromatic heterocycles. The van der Waals surface area contributed by atoms with Crippen molar-refractivity contribution < 1.29 is 24.3 Å². The van der Waals surface area contributed by atoms with Gasteiger partial charge < -0.3 is 26.3 Å². The second kappa shape index (κ2) is 12.4. The van der Waals surface area contributed by atoms with Crippen LogP contribution in [0.5, 0.6) is 0 Å². The predicted molar refractivity (Wildman–Crippen MR) is 84.8 cm³/mol. The molecule has 0 aliphatic rings. The molecule has 0 saturated carbocycles. The molecule has 0 bridgehead atoms. The van der Waals surface area contributed by atoms with Gasteiger partial charge in [-0.05, 0) is 32.6 Å². The Kier molecular flexibility index (Phi) is 11.3. The molecule has 0 saturated heterocycles. The molecule has 0 fully saturated rings. The van der Waals surface area contributed by atoms with Crippen molar-refractivity contribution in [1.82, 2.24) is 10.6 Å². The van der Waals surface area contributed by atoms with E-state index in [1.54, 1.807) is 6.92 Å². The van der Waals surface area contributed by atoms with Gasteiger partial charge in [-0.3, -0.25) is 4.79 Å². The van der Waals surface area contributed by atoms with Crippen LogP contribution in [-0.2, 0) is 14.4 Å². The maximum absolute atomic E-state index is 11.7. The first-order chi connectivity index (χ1) is 10.8. The summed E-state index contributed by atoms with van der Waals surface area (Å²) in [5.41, 5.74) is 4.90. The van der Waals surface area contributed by atoms with E-state index in [4.69, 9.17) is 10.8 Å². The van der Waals surface area contributed by atoms with Gasteiger partial charge in [0.25, 0.3) is 0 Å². The van der Waals surface area contributed by atoms with Crippen LogP contribution in [0.1, 0.15) is 58.3 Å². The number of Topliss-reactive ketones (excluding diaryl/α,β-unsaturated/α-hetero) is 1. The van der Waals surface area contributed by atoms with Crippen molar-refractivity contribution in [3.8, 4) is 0 Å². The fourth-order valence-corrected chi connectivity index (χ4v) is 2.05. The number of carbonyl (C=O) groups is 4. The SMILES string of the molecule is CC(=O)CCCCCCC(=O)N[C@@H](CCCNC(N)=O)C(=O)O. The maximum Gasteiger partial charge on any atom is 0.326 e. The van der Waals surface area contributed by atoms with Gasteiger partial charge in [0, 0.05) is 19.4 Å². The molecule has 0 spiro atoms. The first-order valence-electron chi connectivity index (χ1n) is 7.88. The number of nitrogens with one attached hydrogen (secondary N) is 2. The van der Waals surface area contributed by atoms with Crippen LogP contribution in [0.2, 0.25) is 0 Å². The molecule has 1 atom stereocenters. The number of aliphatic carboxylic acids is 1. The Hall–Kier alpha value is -2.12. The topological polar surface area (TPSA) is 139 Å². The van der Waals surface area contributed by atoms with Crippen molar-refractivity contribution in [3.05, 3.63) is 0 Å². The third-order valence-corrected chi connectivity index (χ3v) is 3.28. The van der Waals surface area contributed by atoms with Gasteiger partial charge in [-0.2, -0.15) is 0 Å². The Balaban J connectivity index is 3.85. The zero-order valence-electron chi connectivity index (χ0n) is 13.6. The highest BCUT2D eigenvalue weighted by Gasteiger charge is 2.19. The fourth-order valence-electron chi connectivity index (χ4n) is 2.05. The molecular formula is C15H27N3O5. The molecule has 8 nitrogen and oxygen atoms in total. The minimum atomic E-state index is -1.10. The van der Waals surface area contributed by atoms with Crippen LogP contribution >= 0.6 is 0 Å². The van der Waals surface area contributed by atoms with Gasteiger partial charge in [-0.15, -0.1) is 0 Å². The van der Waals surface area contributed by atoms with E-state index < -0.39 is 18.0 Å². The van der Waals surface area contributed by atoms with Crippen LogP contribution in [-0.4, -0.2) is 41.4 Å². The number of carboxylic acid groups (broad SMARTS) is 1. The molecule has 0 radical (unpaired) electrons. The van der Waals surface area contributed by atoms with E-state index in [9.17, 15) is 19.2 Å². The Morgan fingerprint density at radius 2 is 1.61 bits per heavy atom. The summed E-state index contributed by atoms with van der Waals surface area (Å²) in [5, 5.41) is 13.9. The van der Waals surface area contributed by atoms with E-state index in [0.29, 0.717) is 19.3 Å². The lowest BCUT2D eigenvalue weighted by molar-refractivity contribution is -0.142. The van der Waals surface area contributed by atoms with Crippen molar-refractivity contribution in [2.45, 2.75) is 64.3 Å². The van der Waals surface area contributed by atoms with Crippen molar-refractivity contribution in [3.63, 3.8) is 0 Å². The van der Waals surface area contributed by atoms with E-state index >= 15 is 0 Å². The second-order valence-electron chi connectivity index (χ2n) is 5.51. The summed E-state index contributed by atoms with van der Waals surface area (Å²) < 4.78 is 0. The summed E-state index contributed by atoms with van der Waals surface area (Å²) in [6.07, 6.45) is 4.66. The molecule has 0 unspecified atom stereocenters. The van der Waals surface area contributed by atoms with Crippen molar-refractivity contribution in [1.29, 1.82) is 0 Å². The van der Waals surface area contributed by atoms with Gasteiger partial charge >= 0.3 is 12.0 Å². The highest BCUT2D eigenvalue weighted by atomic mass is 16.4. The molecule has 0 aromatic rings. The molecule has 8 heteroatoms. The van der Waals surface area contributed by atoms with Crippen LogP contribution in [0.15, 0.2) is 0 Å². The van der Waals surface area contributed by atoms with Gasteiger partial charge in [0.1, 0.15) is 11.8 Å². The highest BCUT2D eigenvalue weighted by Crippen LogP contribution is 2.06. The Bertz CT molecular complexity index is 412. The minimum Gasteiger partial charge on any atom is -0.480 e. The Labute approximate surface area is 136 Å². The molecule has 23 heavy (non-hydrogen) atoms. The number of hydrogen-bond donors (Lipinski definition) is 4. The maximum atomic E-state index is 11.7. The number of amides is 3. The third-order valence-electron chi connectivity index (χ3n) is 3.28. The standard InChI is InChI=1S/C15H27N3O5/c1-11(19)7-4-2-3-5-9-13(20)18-12(14(21)22)8-6-10-17-15(16)23/h12H,2-10H2,1H3,(H,18,20)(H,21,22)(H3,16,17,23)/t12-/m0/s1. The van der Waals surface area contributed by atoms with Crippen LogP contribution < -0.4 is 16.4 Å². The zero-order valence-corrected chi connectivity index (χ0v) is 13.6. The number of rotatable bonds is 13. The molecule has 0 rings (SSSR count). The lowest BCUT2D eigenvalue weighted by Crippen LogP contribution is -2.41. The second-order valence-corrected chi connectivity index (χ2v) is 5.51. The van der Waals surface area contributed by atoms with Gasteiger partial charge in [-0.1, -0.05) is 12.8 Å². The van der Waals surface area contributed by atoms with Crippen molar-refractivity contribution in [2.75, 3.05) is 6.54 Å². The van der Waals surface area contributed by atoms with Crippen molar-refractivity contribution >= 4 is 23.7 Å². The molecule has 5 N–H and O–H groups in total. The first kappa shape index (κ1) is 20.9. The molecule has 0 aromatic carbocycles. The van der Waals surface area contributed by atoms with Crippen molar-refractivity contribution in [2.24, 2.45) is 5.73 Å². The summed E-state index contributed by atoms with van der Waals surface area (Å²) in [6, 6.07) is -1.62. The predicted octanol–water partition coefficient (Wildman–Crippen LogP) is 0.934. The van der Waals surface area contributed by atoms with Gasteiger partial charge in [0.05, 0.1) is 0 Å². The molecule has 0 aliphatic heterocycles. The zero-order chi connectivity index (χ0) is 17.7. The molecule has 3 amide bonds. The number of primary amides is 1. The van der Waals surface area contributed by atoms with Crippen LogP contribution in [0, 0.1) is 0 Å². The van der Waals surface area contributed by atoms with Crippen LogP contribution in [0.25, 0.3) is 0 Å². The average molecular weight is 329 g/mol. The van der Waals surface area contributed by atoms with E-state index in [1.165, 1.54) is 0 Å². The van der Waals surface area contributed by atoms with E-state index in [1.807, 2.05) is 0 Å². The lowest BCUT2D eigenvalue weighted by Gasteiger charge is -2.14. The fraction of sp³-hybridized carbons (Fsp3) is 0.733. The normalized spacial score (nSPS) is 11.5. The summed E-state index contributed by atoms with van der Waals surface area (Å²) in [4.78, 5) is 44.1. The van der Waals surface area contributed by atoms with Crippen LogP contribution in [0.4, 0.5) is 4.79 Å². The number of nitrogens with two attached hydrogens (primary N) is 1. The summed E-state index contributed by atoms with van der Waals surface area (Å²) in [5.74, 6) is -1.23. The Morgan fingerprint density at radius 3 is 2.13 bits per heavy atom. The van der Waals surface area contributed by atoms with Gasteiger partial charge in [0.15, 0.2) is 0 Å². The van der Waals surface area contributed by atoms with Crippen LogP contribution in [0.3, 0.4) is 0 Å². The van der Waals surface area contributed by atoms with Gasteiger partial charge in [-0.25, -0.2) is 9.59 Å². The summed E-state index contributed by atoms with van der Waals surface area (Å²) in [6.45, 7) is 1.82. The molecular weight excluding hydrogens is 302 g/mol. The van der Waals surface area contributed by atoms with Gasteiger partial charge in [0.2, 0.25) is 5.91 Å². The van der Waals surface area contributed by atoms with E-state index in [-0.39, 0.29) is 31.1 Å². The molecule has 132 valence electrons. The average Bonchev–Trinajstić information content (AvgIpc) is 2.45. The van der Waals surface area contributed by atoms with E-state index in [0.717, 1.165) is 19.3 Å². The monoisotopic (exact) mass is 329 g/mol. The smallest absolute Gasteiger partial charge is 0.326 e. The quantitative estimate of drug-likeness (QED) is 0.372. The Morgan fingerprint density at radius 1 is 1.00 bits per heavy atom. The van der Waals surface area contributed by atoms with E-state index in [2.05, 4.69) is 10.6 Å². The number of carboxylic acids is 1. The lowest BCUT2D eigenvalue weighted by atomic mass is 10.1. The largest absolute Gasteiger partial charge is 0.480 e. The minimum absolute atomic E-state index is 0.165. The summed E-state index contributed by atoms with van der Waals surface area (Å²) >= 11 is 0. The highest BCUT2D eigenvalue weighted by molar-refractivity contribution is 5.83. The number of ketones is 1. The summed E-state index contributed by atoms with van der Waals surface area (Å²) in [7, 11) is 0.